The third kappa shape index (κ3) is 4.81. The second-order valence-corrected chi connectivity index (χ2v) is 11.5. The van der Waals surface area contributed by atoms with E-state index in [-0.39, 0.29) is 23.8 Å². The third-order valence-electron chi connectivity index (χ3n) is 7.67. The molecule has 1 heterocycles. The summed E-state index contributed by atoms with van der Waals surface area (Å²) in [6.07, 6.45) is 7.68. The molecule has 6 rings (SSSR count). The molecule has 0 radical (unpaired) electrons. The summed E-state index contributed by atoms with van der Waals surface area (Å²) in [5.74, 6) is 3.28. The van der Waals surface area contributed by atoms with Crippen LogP contribution in [0.25, 0.3) is 0 Å². The highest BCUT2D eigenvalue weighted by Gasteiger charge is 2.51. The zero-order chi connectivity index (χ0) is 23.2. The normalized spacial score (nSPS) is 27.5. The van der Waals surface area contributed by atoms with Crippen molar-refractivity contribution in [3.8, 4) is 0 Å². The summed E-state index contributed by atoms with van der Waals surface area (Å²) >= 11 is 1.39. The number of nitrogens with zero attached hydrogens (tertiary/aromatic N) is 3. The average Bonchev–Trinajstić information content (AvgIpc) is 3.06. The van der Waals surface area contributed by atoms with Gasteiger partial charge in [0.25, 0.3) is 0 Å². The minimum absolute atomic E-state index is 0.0314. The lowest BCUT2D eigenvalue weighted by Crippen LogP contribution is -2.60. The molecule has 0 aliphatic heterocycles. The summed E-state index contributed by atoms with van der Waals surface area (Å²) in [5, 5.41) is 15.4. The first-order chi connectivity index (χ1) is 15.8. The number of aryl methyl sites for hydroxylation is 2. The molecule has 33 heavy (non-hydrogen) atoms. The van der Waals surface area contributed by atoms with Gasteiger partial charge in [-0.2, -0.15) is 0 Å². The van der Waals surface area contributed by atoms with Crippen LogP contribution >= 0.6 is 11.8 Å². The molecule has 4 fully saturated rings. The summed E-state index contributed by atoms with van der Waals surface area (Å²) in [6.45, 7) is 4.01. The number of hydrogen-bond donors (Lipinski definition) is 2. The SMILES string of the molecule is Cc1ccc(NC(=O)Cc2nnc(SCC(=O)NC34CC5CC(CC(C5)C3)C4)n2C)c(C)c1. The fourth-order valence-electron chi connectivity index (χ4n) is 6.64. The van der Waals surface area contributed by atoms with E-state index in [1.807, 2.05) is 43.7 Å². The van der Waals surface area contributed by atoms with Crippen LogP contribution in [0.2, 0.25) is 0 Å². The number of benzene rings is 1. The van der Waals surface area contributed by atoms with Gasteiger partial charge < -0.3 is 15.2 Å². The first-order valence-corrected chi connectivity index (χ1v) is 13.0. The van der Waals surface area contributed by atoms with Crippen LogP contribution in [-0.4, -0.2) is 37.9 Å². The second kappa shape index (κ2) is 8.78. The lowest BCUT2D eigenvalue weighted by molar-refractivity contribution is -0.124. The number of carbonyl (C=O) groups is 2. The van der Waals surface area contributed by atoms with Gasteiger partial charge >= 0.3 is 0 Å². The maximum atomic E-state index is 12.8. The molecule has 1 aromatic carbocycles. The summed E-state index contributed by atoms with van der Waals surface area (Å²) in [6, 6.07) is 5.94. The molecule has 4 aliphatic rings. The fraction of sp³-hybridized carbons (Fsp3) is 0.600. The highest BCUT2D eigenvalue weighted by atomic mass is 32.2. The topological polar surface area (TPSA) is 88.9 Å². The third-order valence-corrected chi connectivity index (χ3v) is 8.70. The van der Waals surface area contributed by atoms with E-state index in [0.717, 1.165) is 53.8 Å². The van der Waals surface area contributed by atoms with Gasteiger partial charge in [-0.15, -0.1) is 10.2 Å². The van der Waals surface area contributed by atoms with Crippen LogP contribution in [0.1, 0.15) is 55.5 Å². The standard InChI is InChI=1S/C25H33N5O2S/c1-15-4-5-20(16(2)6-15)26-22(31)10-21-28-29-24(30(21)3)33-14-23(32)27-25-11-17-7-18(12-25)9-19(8-17)13-25/h4-6,17-19H,7-14H2,1-3H3,(H,26,31)(H,27,32). The quantitative estimate of drug-likeness (QED) is 0.605. The lowest BCUT2D eigenvalue weighted by atomic mass is 9.53. The maximum Gasteiger partial charge on any atom is 0.232 e. The van der Waals surface area contributed by atoms with E-state index >= 15 is 0 Å². The maximum absolute atomic E-state index is 12.8. The number of aromatic nitrogens is 3. The predicted octanol–water partition coefficient (Wildman–Crippen LogP) is 3.79. The van der Waals surface area contributed by atoms with Gasteiger partial charge in [-0.25, -0.2) is 0 Å². The summed E-state index contributed by atoms with van der Waals surface area (Å²) in [7, 11) is 1.85. The molecular formula is C25H33N5O2S. The van der Waals surface area contributed by atoms with Crippen molar-refractivity contribution in [3.05, 3.63) is 35.2 Å². The summed E-state index contributed by atoms with van der Waals surface area (Å²) < 4.78 is 1.81. The highest BCUT2D eigenvalue weighted by molar-refractivity contribution is 7.99. The highest BCUT2D eigenvalue weighted by Crippen LogP contribution is 2.55. The zero-order valence-electron chi connectivity index (χ0n) is 19.7. The smallest absolute Gasteiger partial charge is 0.232 e. The van der Waals surface area contributed by atoms with Crippen LogP contribution in [0.4, 0.5) is 5.69 Å². The lowest BCUT2D eigenvalue weighted by Gasteiger charge is -2.56. The Morgan fingerprint density at radius 3 is 2.36 bits per heavy atom. The molecule has 0 atom stereocenters. The van der Waals surface area contributed by atoms with Crippen LogP contribution in [0, 0.1) is 31.6 Å². The molecule has 2 N–H and O–H groups in total. The number of rotatable bonds is 7. The van der Waals surface area contributed by atoms with Crippen molar-refractivity contribution in [2.24, 2.45) is 24.8 Å². The number of nitrogens with one attached hydrogen (secondary N) is 2. The number of amides is 2. The molecule has 0 unspecified atom stereocenters. The minimum Gasteiger partial charge on any atom is -0.350 e. The largest absolute Gasteiger partial charge is 0.350 e. The molecule has 7 nitrogen and oxygen atoms in total. The van der Waals surface area contributed by atoms with Crippen LogP contribution < -0.4 is 10.6 Å². The fourth-order valence-corrected chi connectivity index (χ4v) is 7.37. The van der Waals surface area contributed by atoms with Crippen molar-refractivity contribution >= 4 is 29.3 Å². The summed E-state index contributed by atoms with van der Waals surface area (Å²) in [4.78, 5) is 25.3. The number of anilines is 1. The molecule has 4 bridgehead atoms. The van der Waals surface area contributed by atoms with Crippen LogP contribution in [-0.2, 0) is 23.1 Å². The molecule has 4 aliphatic carbocycles. The number of carbonyl (C=O) groups excluding carboxylic acids is 2. The van der Waals surface area contributed by atoms with E-state index in [1.165, 1.54) is 31.0 Å². The van der Waals surface area contributed by atoms with Crippen molar-refractivity contribution < 1.29 is 9.59 Å². The van der Waals surface area contributed by atoms with Gasteiger partial charge in [0.15, 0.2) is 5.16 Å². The molecular weight excluding hydrogens is 434 g/mol. The van der Waals surface area contributed by atoms with E-state index in [4.69, 9.17) is 0 Å². The Hall–Kier alpha value is -2.35. The van der Waals surface area contributed by atoms with Crippen LogP contribution in [0.5, 0.6) is 0 Å². The Balaban J connectivity index is 1.14. The molecule has 4 saturated carbocycles. The van der Waals surface area contributed by atoms with E-state index in [2.05, 4.69) is 20.8 Å². The van der Waals surface area contributed by atoms with E-state index in [1.54, 1.807) is 0 Å². The van der Waals surface area contributed by atoms with E-state index in [0.29, 0.717) is 16.7 Å². The van der Waals surface area contributed by atoms with E-state index < -0.39 is 0 Å². The average molecular weight is 468 g/mol. The van der Waals surface area contributed by atoms with Gasteiger partial charge in [0.2, 0.25) is 11.8 Å². The van der Waals surface area contributed by atoms with Crippen molar-refractivity contribution in [3.63, 3.8) is 0 Å². The van der Waals surface area contributed by atoms with Crippen molar-refractivity contribution in [1.82, 2.24) is 20.1 Å². The second-order valence-electron chi connectivity index (χ2n) is 10.5. The first-order valence-electron chi connectivity index (χ1n) is 12.0. The Bertz CT molecular complexity index is 1040. The van der Waals surface area contributed by atoms with Crippen LogP contribution in [0.3, 0.4) is 0 Å². The van der Waals surface area contributed by atoms with Crippen molar-refractivity contribution in [2.75, 3.05) is 11.1 Å². The first kappa shape index (κ1) is 22.4. The molecule has 8 heteroatoms. The van der Waals surface area contributed by atoms with Gasteiger partial charge in [-0.05, 0) is 81.8 Å². The zero-order valence-corrected chi connectivity index (χ0v) is 20.5. The Morgan fingerprint density at radius 1 is 1.06 bits per heavy atom. The molecule has 1 aromatic heterocycles. The van der Waals surface area contributed by atoms with Crippen molar-refractivity contribution in [1.29, 1.82) is 0 Å². The molecule has 0 saturated heterocycles. The minimum atomic E-state index is -0.131. The molecule has 0 spiro atoms. The monoisotopic (exact) mass is 467 g/mol. The van der Waals surface area contributed by atoms with Gasteiger partial charge in [-0.1, -0.05) is 29.5 Å². The Morgan fingerprint density at radius 2 is 1.73 bits per heavy atom. The predicted molar refractivity (Wildman–Crippen MR) is 129 cm³/mol. The molecule has 176 valence electrons. The number of thioether (sulfide) groups is 1. The van der Waals surface area contributed by atoms with E-state index in [9.17, 15) is 9.59 Å². The van der Waals surface area contributed by atoms with Gasteiger partial charge in [0, 0.05) is 18.3 Å². The Kier molecular flexibility index (Phi) is 5.97. The Labute approximate surface area is 199 Å². The van der Waals surface area contributed by atoms with Gasteiger partial charge in [0.1, 0.15) is 5.82 Å². The van der Waals surface area contributed by atoms with Crippen molar-refractivity contribution in [2.45, 2.75) is 69.5 Å². The van der Waals surface area contributed by atoms with Gasteiger partial charge in [-0.3, -0.25) is 9.59 Å². The number of hydrogen-bond acceptors (Lipinski definition) is 5. The van der Waals surface area contributed by atoms with Gasteiger partial charge in [0.05, 0.1) is 12.2 Å². The molecule has 2 aromatic rings. The van der Waals surface area contributed by atoms with Crippen LogP contribution in [0.15, 0.2) is 23.4 Å². The summed E-state index contributed by atoms with van der Waals surface area (Å²) in [5.41, 5.74) is 3.03. The molecule has 2 amide bonds.